The van der Waals surface area contributed by atoms with Crippen molar-refractivity contribution >= 4 is 12.0 Å². The molecule has 1 atom stereocenters. The van der Waals surface area contributed by atoms with Gasteiger partial charge in [0, 0.05) is 11.6 Å². The summed E-state index contributed by atoms with van der Waals surface area (Å²) in [4.78, 5) is 10.3. The number of halogens is 1. The van der Waals surface area contributed by atoms with Crippen LogP contribution in [0.4, 0.5) is 4.39 Å². The Morgan fingerprint density at radius 1 is 1.56 bits per heavy atom. The summed E-state index contributed by atoms with van der Waals surface area (Å²) in [6.07, 6.45) is 1.98. The van der Waals surface area contributed by atoms with Gasteiger partial charge in [0.15, 0.2) is 0 Å². The first-order valence-electron chi connectivity index (χ1n) is 4.61. The highest BCUT2D eigenvalue weighted by Gasteiger charge is 2.07. The summed E-state index contributed by atoms with van der Waals surface area (Å²) in [7, 11) is 0. The van der Waals surface area contributed by atoms with E-state index in [4.69, 9.17) is 15.9 Å². The predicted octanol–water partition coefficient (Wildman–Crippen LogP) is 0.916. The van der Waals surface area contributed by atoms with Crippen molar-refractivity contribution in [2.75, 3.05) is 6.61 Å². The highest BCUT2D eigenvalue weighted by atomic mass is 19.1. The van der Waals surface area contributed by atoms with Crippen LogP contribution in [-0.4, -0.2) is 22.8 Å². The van der Waals surface area contributed by atoms with Gasteiger partial charge in [0.1, 0.15) is 5.82 Å². The molecule has 0 fully saturated rings. The van der Waals surface area contributed by atoms with Crippen molar-refractivity contribution in [2.45, 2.75) is 6.04 Å². The van der Waals surface area contributed by atoms with Crippen molar-refractivity contribution < 1.29 is 19.4 Å². The van der Waals surface area contributed by atoms with Gasteiger partial charge in [-0.15, -0.1) is 0 Å². The lowest BCUT2D eigenvalue weighted by Gasteiger charge is -2.09. The molecule has 5 heteroatoms. The average Bonchev–Trinajstić information content (AvgIpc) is 2.26. The summed E-state index contributed by atoms with van der Waals surface area (Å²) in [5.41, 5.74) is 6.23. The number of hydrogen-bond donors (Lipinski definition) is 3. The third kappa shape index (κ3) is 3.15. The van der Waals surface area contributed by atoms with E-state index < -0.39 is 17.8 Å². The molecule has 0 aromatic heterocycles. The Labute approximate surface area is 91.8 Å². The first kappa shape index (κ1) is 12.4. The first-order chi connectivity index (χ1) is 7.54. The number of aliphatic carboxylic acids is 1. The van der Waals surface area contributed by atoms with Gasteiger partial charge in [0.05, 0.1) is 12.6 Å². The van der Waals surface area contributed by atoms with E-state index in [1.165, 1.54) is 18.2 Å². The molecule has 0 saturated heterocycles. The fourth-order valence-corrected chi connectivity index (χ4v) is 1.19. The van der Waals surface area contributed by atoms with Crippen LogP contribution < -0.4 is 5.73 Å². The fourth-order valence-electron chi connectivity index (χ4n) is 1.19. The molecular weight excluding hydrogens is 213 g/mol. The molecule has 0 bridgehead atoms. The Morgan fingerprint density at radius 3 is 2.81 bits per heavy atom. The summed E-state index contributed by atoms with van der Waals surface area (Å²) in [5, 5.41) is 17.3. The molecule has 0 saturated carbocycles. The maximum absolute atomic E-state index is 13.2. The number of aliphatic hydroxyl groups excluding tert-OH is 1. The van der Waals surface area contributed by atoms with Crippen molar-refractivity contribution in [3.8, 4) is 0 Å². The minimum Gasteiger partial charge on any atom is -0.478 e. The summed E-state index contributed by atoms with van der Waals surface area (Å²) in [5.74, 6) is -1.69. The number of rotatable bonds is 4. The van der Waals surface area contributed by atoms with Gasteiger partial charge >= 0.3 is 5.97 Å². The molecule has 0 aliphatic rings. The van der Waals surface area contributed by atoms with Crippen LogP contribution in [0.5, 0.6) is 0 Å². The molecule has 86 valence electrons. The maximum atomic E-state index is 13.2. The highest BCUT2D eigenvalue weighted by molar-refractivity contribution is 5.85. The van der Waals surface area contributed by atoms with Crippen molar-refractivity contribution in [2.24, 2.45) is 5.73 Å². The summed E-state index contributed by atoms with van der Waals surface area (Å²) >= 11 is 0. The van der Waals surface area contributed by atoms with Crippen molar-refractivity contribution in [3.63, 3.8) is 0 Å². The molecule has 0 amide bonds. The van der Waals surface area contributed by atoms with E-state index in [9.17, 15) is 9.18 Å². The van der Waals surface area contributed by atoms with Gasteiger partial charge in [0.25, 0.3) is 0 Å². The van der Waals surface area contributed by atoms with E-state index in [1.807, 2.05) is 0 Å². The molecule has 4 N–H and O–H groups in total. The highest BCUT2D eigenvalue weighted by Crippen LogP contribution is 2.16. The van der Waals surface area contributed by atoms with E-state index in [0.29, 0.717) is 5.56 Å². The summed E-state index contributed by atoms with van der Waals surface area (Å²) in [6, 6.07) is 3.45. The lowest BCUT2D eigenvalue weighted by atomic mass is 10.0. The smallest absolute Gasteiger partial charge is 0.328 e. The largest absolute Gasteiger partial charge is 0.478 e. The SMILES string of the molecule is N[C@@H](CO)c1ccc(F)c(/C=C/C(=O)O)c1. The van der Waals surface area contributed by atoms with E-state index in [1.54, 1.807) is 0 Å². The molecule has 0 heterocycles. The number of benzene rings is 1. The zero-order chi connectivity index (χ0) is 12.1. The van der Waals surface area contributed by atoms with Crippen molar-refractivity contribution in [1.29, 1.82) is 0 Å². The van der Waals surface area contributed by atoms with Gasteiger partial charge in [-0.25, -0.2) is 9.18 Å². The zero-order valence-electron chi connectivity index (χ0n) is 8.43. The Bertz CT molecular complexity index is 418. The number of aliphatic hydroxyl groups is 1. The van der Waals surface area contributed by atoms with Gasteiger partial charge in [0.2, 0.25) is 0 Å². The summed E-state index contributed by atoms with van der Waals surface area (Å²) in [6.45, 7) is -0.256. The van der Waals surface area contributed by atoms with Crippen LogP contribution in [0.3, 0.4) is 0 Å². The number of carboxylic acid groups (broad SMARTS) is 1. The van der Waals surface area contributed by atoms with Gasteiger partial charge in [-0.3, -0.25) is 0 Å². The van der Waals surface area contributed by atoms with Crippen LogP contribution in [0.15, 0.2) is 24.3 Å². The molecule has 16 heavy (non-hydrogen) atoms. The lowest BCUT2D eigenvalue weighted by molar-refractivity contribution is -0.131. The molecule has 4 nitrogen and oxygen atoms in total. The van der Waals surface area contributed by atoms with E-state index in [0.717, 1.165) is 12.2 Å². The van der Waals surface area contributed by atoms with Crippen LogP contribution in [0, 0.1) is 5.82 Å². The standard InChI is InChI=1S/C11H12FNO3/c12-9-3-1-8(10(13)6-14)5-7(9)2-4-11(15)16/h1-5,10,14H,6,13H2,(H,15,16)/b4-2+/t10-/m0/s1. The van der Waals surface area contributed by atoms with Crippen LogP contribution >= 0.6 is 0 Å². The van der Waals surface area contributed by atoms with Gasteiger partial charge < -0.3 is 15.9 Å². The molecule has 0 aliphatic carbocycles. The normalized spacial score (nSPS) is 12.9. The second-order valence-electron chi connectivity index (χ2n) is 3.24. The monoisotopic (exact) mass is 225 g/mol. The van der Waals surface area contributed by atoms with Crippen molar-refractivity contribution in [3.05, 3.63) is 41.2 Å². The quantitative estimate of drug-likeness (QED) is 0.665. The number of nitrogens with two attached hydrogens (primary N) is 1. The van der Waals surface area contributed by atoms with Gasteiger partial charge in [-0.2, -0.15) is 0 Å². The Balaban J connectivity index is 3.03. The minimum absolute atomic E-state index is 0.129. The molecule has 1 rings (SSSR count). The maximum Gasteiger partial charge on any atom is 0.328 e. The first-order valence-corrected chi connectivity index (χ1v) is 4.61. The number of carboxylic acids is 1. The number of hydrogen-bond acceptors (Lipinski definition) is 3. The molecule has 0 unspecified atom stereocenters. The second-order valence-corrected chi connectivity index (χ2v) is 3.24. The Morgan fingerprint density at radius 2 is 2.25 bits per heavy atom. The minimum atomic E-state index is -1.16. The summed E-state index contributed by atoms with van der Waals surface area (Å²) < 4.78 is 13.2. The molecule has 1 aromatic rings. The average molecular weight is 225 g/mol. The van der Waals surface area contributed by atoms with Gasteiger partial charge in [-0.05, 0) is 23.8 Å². The van der Waals surface area contributed by atoms with Crippen molar-refractivity contribution in [1.82, 2.24) is 0 Å². The third-order valence-electron chi connectivity index (χ3n) is 2.05. The number of carbonyl (C=O) groups is 1. The molecule has 1 aromatic carbocycles. The van der Waals surface area contributed by atoms with Gasteiger partial charge in [-0.1, -0.05) is 6.07 Å². The van der Waals surface area contributed by atoms with Crippen LogP contribution in [-0.2, 0) is 4.79 Å². The zero-order valence-corrected chi connectivity index (χ0v) is 8.43. The lowest BCUT2D eigenvalue weighted by Crippen LogP contribution is -2.14. The van der Waals surface area contributed by atoms with E-state index in [2.05, 4.69) is 0 Å². The van der Waals surface area contributed by atoms with E-state index in [-0.39, 0.29) is 12.2 Å². The Kier molecular flexibility index (Phi) is 4.16. The second kappa shape index (κ2) is 5.39. The molecule has 0 aliphatic heterocycles. The molecular formula is C11H12FNO3. The molecule has 0 spiro atoms. The Hall–Kier alpha value is -1.72. The fraction of sp³-hybridized carbons (Fsp3) is 0.182. The third-order valence-corrected chi connectivity index (χ3v) is 2.05. The topological polar surface area (TPSA) is 83.5 Å². The van der Waals surface area contributed by atoms with Crippen LogP contribution in [0.1, 0.15) is 17.2 Å². The van der Waals surface area contributed by atoms with Crippen LogP contribution in [0.2, 0.25) is 0 Å². The predicted molar refractivity (Wildman–Crippen MR) is 57.1 cm³/mol. The van der Waals surface area contributed by atoms with E-state index >= 15 is 0 Å². The molecule has 0 radical (unpaired) electrons. The van der Waals surface area contributed by atoms with Crippen LogP contribution in [0.25, 0.3) is 6.08 Å².